The Hall–Kier alpha value is -4.15. The molecule has 1 atom stereocenters. The van der Waals surface area contributed by atoms with Crippen LogP contribution in [0.2, 0.25) is 0 Å². The average molecular weight is 588 g/mol. The molecular weight excluding hydrogens is 559 g/mol. The number of nitrogens with two attached hydrogens (primary N) is 2. The molecule has 2 aromatic carbocycles. The summed E-state index contributed by atoms with van der Waals surface area (Å²) in [4.78, 5) is 23.5. The molecule has 1 aromatic heterocycles. The number of carbonyl (C=O) groups excluding carboxylic acids is 1. The van der Waals surface area contributed by atoms with Crippen LogP contribution in [0.3, 0.4) is 0 Å². The van der Waals surface area contributed by atoms with Crippen molar-refractivity contribution in [2.24, 2.45) is 11.6 Å². The molecule has 1 aliphatic rings. The molecule has 3 aromatic rings. The number of nitro benzene ring substituents is 1. The smallest absolute Gasteiger partial charge is 0.434 e. The maximum Gasteiger partial charge on any atom is 0.434 e. The summed E-state index contributed by atoms with van der Waals surface area (Å²) in [6, 6.07) is 11.9. The lowest BCUT2D eigenvalue weighted by Crippen LogP contribution is -2.53. The first-order chi connectivity index (χ1) is 19.4. The van der Waals surface area contributed by atoms with E-state index in [1.807, 2.05) is 18.2 Å². The second-order valence-corrected chi connectivity index (χ2v) is 10.9. The van der Waals surface area contributed by atoms with E-state index >= 15 is 0 Å². The fourth-order valence-corrected chi connectivity index (χ4v) is 6.35. The molecule has 4 N–H and O–H groups in total. The highest BCUT2D eigenvalue weighted by molar-refractivity contribution is 7.19. The SMILES string of the molecule is CCC(OC(=O)c1ccc([N+](=O)[O-])cc1)(/C(N)=C/N(N)Cc1ccc2c(C3CCCC3)c(C#N)sc2c1)C(F)(F)F. The summed E-state index contributed by atoms with van der Waals surface area (Å²) in [7, 11) is 0. The Labute approximate surface area is 237 Å². The summed E-state index contributed by atoms with van der Waals surface area (Å²) >= 11 is 1.38. The van der Waals surface area contributed by atoms with Gasteiger partial charge in [0.1, 0.15) is 10.9 Å². The zero-order chi connectivity index (χ0) is 29.9. The van der Waals surface area contributed by atoms with Gasteiger partial charge in [-0.2, -0.15) is 18.4 Å². The predicted molar refractivity (Wildman–Crippen MR) is 147 cm³/mol. The normalized spacial score (nSPS) is 15.9. The summed E-state index contributed by atoms with van der Waals surface area (Å²) in [5, 5.41) is 22.5. The molecule has 0 spiro atoms. The molecule has 13 heteroatoms. The third kappa shape index (κ3) is 5.98. The van der Waals surface area contributed by atoms with Gasteiger partial charge in [0.05, 0.1) is 22.7 Å². The van der Waals surface area contributed by atoms with E-state index in [9.17, 15) is 33.3 Å². The van der Waals surface area contributed by atoms with Crippen molar-refractivity contribution in [1.29, 1.82) is 5.26 Å². The fourth-order valence-electron chi connectivity index (χ4n) is 5.20. The van der Waals surface area contributed by atoms with Crippen LogP contribution in [0, 0.1) is 21.4 Å². The van der Waals surface area contributed by atoms with Crippen molar-refractivity contribution in [2.45, 2.75) is 63.3 Å². The lowest BCUT2D eigenvalue weighted by Gasteiger charge is -2.35. The molecule has 0 bridgehead atoms. The summed E-state index contributed by atoms with van der Waals surface area (Å²) in [5.74, 6) is 5.04. The van der Waals surface area contributed by atoms with Crippen LogP contribution in [0.1, 0.15) is 71.3 Å². The first-order valence-electron chi connectivity index (χ1n) is 12.9. The number of fused-ring (bicyclic) bond motifs is 1. The lowest BCUT2D eigenvalue weighted by molar-refractivity contribution is -0.384. The zero-order valence-corrected chi connectivity index (χ0v) is 22.9. The monoisotopic (exact) mass is 587 g/mol. The van der Waals surface area contributed by atoms with E-state index < -0.39 is 34.8 Å². The second-order valence-electron chi connectivity index (χ2n) is 9.90. The molecule has 0 radical (unpaired) electrons. The van der Waals surface area contributed by atoms with Crippen LogP contribution >= 0.6 is 11.3 Å². The molecular formula is C28H28F3N5O4S. The number of thiophene rings is 1. The number of carbonyl (C=O) groups is 1. The molecule has 1 saturated carbocycles. The summed E-state index contributed by atoms with van der Waals surface area (Å²) < 4.78 is 48.9. The number of rotatable bonds is 9. The van der Waals surface area contributed by atoms with Gasteiger partial charge in [0, 0.05) is 23.0 Å². The van der Waals surface area contributed by atoms with Crippen LogP contribution in [0.5, 0.6) is 0 Å². The number of hydrogen-bond donors (Lipinski definition) is 2. The standard InChI is InChI=1S/C28H28F3N5O4S/c1-2-27(28(29,30)31,40-26(37)19-8-10-20(11-9-19)36(38)39)24(33)16-35(34)15-17-7-12-21-22(13-17)41-23(14-32)25(21)18-5-3-4-6-18/h7-13,16,18H,2-6,15,33-34H2,1H3/b24-16-. The minimum absolute atomic E-state index is 0.0108. The Bertz CT molecular complexity index is 1520. The van der Waals surface area contributed by atoms with Gasteiger partial charge in [-0.3, -0.25) is 10.1 Å². The number of alkyl halides is 3. The lowest BCUT2D eigenvalue weighted by atomic mass is 9.94. The number of ether oxygens (including phenoxy) is 1. The molecule has 0 amide bonds. The van der Waals surface area contributed by atoms with Crippen molar-refractivity contribution in [2.75, 3.05) is 0 Å². The Morgan fingerprint density at radius 3 is 2.46 bits per heavy atom. The second kappa shape index (κ2) is 11.8. The fraction of sp³-hybridized carbons (Fsp3) is 0.357. The van der Waals surface area contributed by atoms with E-state index in [2.05, 4.69) is 6.07 Å². The summed E-state index contributed by atoms with van der Waals surface area (Å²) in [5.41, 5.74) is 2.99. The Morgan fingerprint density at radius 1 is 1.24 bits per heavy atom. The van der Waals surface area contributed by atoms with Crippen LogP contribution in [-0.2, 0) is 11.3 Å². The molecule has 216 valence electrons. The molecule has 9 nitrogen and oxygen atoms in total. The molecule has 41 heavy (non-hydrogen) atoms. The van der Waals surface area contributed by atoms with Gasteiger partial charge in [-0.15, -0.1) is 11.3 Å². The van der Waals surface area contributed by atoms with Crippen molar-refractivity contribution in [3.8, 4) is 6.07 Å². The molecule has 1 fully saturated rings. The van der Waals surface area contributed by atoms with Crippen LogP contribution in [-0.4, -0.2) is 27.7 Å². The highest BCUT2D eigenvalue weighted by Crippen LogP contribution is 2.44. The van der Waals surface area contributed by atoms with Gasteiger partial charge < -0.3 is 15.5 Å². The third-order valence-electron chi connectivity index (χ3n) is 7.33. The van der Waals surface area contributed by atoms with Crippen LogP contribution in [0.25, 0.3) is 10.1 Å². The van der Waals surface area contributed by atoms with E-state index in [1.54, 1.807) is 0 Å². The molecule has 1 unspecified atom stereocenters. The van der Waals surface area contributed by atoms with Crippen molar-refractivity contribution < 1.29 is 27.6 Å². The molecule has 0 saturated heterocycles. The van der Waals surface area contributed by atoms with E-state index in [1.165, 1.54) is 11.3 Å². The van der Waals surface area contributed by atoms with Gasteiger partial charge in [-0.1, -0.05) is 31.9 Å². The number of nitriles is 1. The summed E-state index contributed by atoms with van der Waals surface area (Å²) in [6.45, 7) is 1.15. The number of hydrazine groups is 1. The predicted octanol–water partition coefficient (Wildman–Crippen LogP) is 6.38. The first kappa shape index (κ1) is 29.8. The van der Waals surface area contributed by atoms with Gasteiger partial charge in [0.25, 0.3) is 5.69 Å². The maximum atomic E-state index is 14.4. The third-order valence-corrected chi connectivity index (χ3v) is 8.40. The highest BCUT2D eigenvalue weighted by atomic mass is 32.1. The Kier molecular flexibility index (Phi) is 8.55. The minimum Gasteiger partial charge on any atom is -0.439 e. The van der Waals surface area contributed by atoms with Crippen molar-refractivity contribution in [1.82, 2.24) is 5.01 Å². The quantitative estimate of drug-likeness (QED) is 0.127. The van der Waals surface area contributed by atoms with Gasteiger partial charge in [0.2, 0.25) is 5.60 Å². The van der Waals surface area contributed by atoms with Gasteiger partial charge in [-0.05, 0) is 59.9 Å². The topological polar surface area (TPSA) is 149 Å². The number of non-ortho nitro benzene ring substituents is 1. The molecule has 1 heterocycles. The van der Waals surface area contributed by atoms with Crippen LogP contribution < -0.4 is 11.6 Å². The zero-order valence-electron chi connectivity index (χ0n) is 22.1. The summed E-state index contributed by atoms with van der Waals surface area (Å²) in [6.07, 6.45) is -0.634. The van der Waals surface area contributed by atoms with Crippen molar-refractivity contribution in [3.63, 3.8) is 0 Å². The highest BCUT2D eigenvalue weighted by Gasteiger charge is 2.59. The van der Waals surface area contributed by atoms with E-state index in [0.29, 0.717) is 16.4 Å². The molecule has 1 aliphatic carbocycles. The Morgan fingerprint density at radius 2 is 1.90 bits per heavy atom. The first-order valence-corrected chi connectivity index (χ1v) is 13.7. The van der Waals surface area contributed by atoms with Crippen LogP contribution in [0.15, 0.2) is 54.4 Å². The number of nitrogens with zero attached hydrogens (tertiary/aromatic N) is 3. The maximum absolute atomic E-state index is 14.4. The molecule has 4 rings (SSSR count). The van der Waals surface area contributed by atoms with Crippen molar-refractivity contribution in [3.05, 3.63) is 86.0 Å². The number of esters is 1. The van der Waals surface area contributed by atoms with E-state index in [-0.39, 0.29) is 17.8 Å². The molecule has 0 aliphatic heterocycles. The number of hydrogen-bond acceptors (Lipinski definition) is 9. The van der Waals surface area contributed by atoms with Crippen LogP contribution in [0.4, 0.5) is 18.9 Å². The van der Waals surface area contributed by atoms with Gasteiger partial charge >= 0.3 is 12.1 Å². The number of nitro groups is 1. The average Bonchev–Trinajstić information content (AvgIpc) is 3.58. The number of halogens is 3. The minimum atomic E-state index is -5.10. The van der Waals surface area contributed by atoms with Gasteiger partial charge in [-0.25, -0.2) is 10.6 Å². The van der Waals surface area contributed by atoms with Gasteiger partial charge in [0.15, 0.2) is 0 Å². The van der Waals surface area contributed by atoms with Crippen molar-refractivity contribution >= 4 is 33.1 Å². The van der Waals surface area contributed by atoms with E-state index in [0.717, 1.165) is 83.7 Å². The Balaban J connectivity index is 1.58. The van der Waals surface area contributed by atoms with E-state index in [4.69, 9.17) is 16.3 Å². The largest absolute Gasteiger partial charge is 0.439 e. The number of benzene rings is 2.